The summed E-state index contributed by atoms with van der Waals surface area (Å²) in [4.78, 5) is 22.4. The number of carbonyl (C=O) groups is 1. The van der Waals surface area contributed by atoms with Crippen LogP contribution in [-0.2, 0) is 9.53 Å². The van der Waals surface area contributed by atoms with E-state index in [1.807, 2.05) is 17.2 Å². The number of fused-ring (bicyclic) bond motifs is 1. The van der Waals surface area contributed by atoms with Gasteiger partial charge in [-0.2, -0.15) is 0 Å². The van der Waals surface area contributed by atoms with E-state index >= 15 is 0 Å². The highest BCUT2D eigenvalue weighted by atomic mass is 16.5. The number of ether oxygens (including phenoxy) is 1. The van der Waals surface area contributed by atoms with Gasteiger partial charge in [0.25, 0.3) is 0 Å². The third-order valence-electron chi connectivity index (χ3n) is 6.09. The number of pyridine rings is 1. The highest BCUT2D eigenvalue weighted by Gasteiger charge is 2.50. The Morgan fingerprint density at radius 2 is 2.32 bits per heavy atom. The van der Waals surface area contributed by atoms with Gasteiger partial charge < -0.3 is 14.6 Å². The molecule has 1 N–H and O–H groups in total. The van der Waals surface area contributed by atoms with Crippen LogP contribution in [0.4, 0.5) is 0 Å². The van der Waals surface area contributed by atoms with Gasteiger partial charge in [-0.25, -0.2) is 4.98 Å². The summed E-state index contributed by atoms with van der Waals surface area (Å²) in [6.45, 7) is 2.39. The maximum atomic E-state index is 12.8. The molecule has 3 aliphatic rings. The number of hydrogen-bond acceptors (Lipinski definition) is 3. The summed E-state index contributed by atoms with van der Waals surface area (Å²) >= 11 is 0. The number of nitrogens with one attached hydrogen (secondary N) is 1. The van der Waals surface area contributed by atoms with Gasteiger partial charge in [-0.3, -0.25) is 4.79 Å². The van der Waals surface area contributed by atoms with Crippen LogP contribution in [-0.4, -0.2) is 46.1 Å². The molecule has 2 aromatic rings. The molecule has 5 heteroatoms. The normalized spacial score (nSPS) is 29.0. The number of rotatable bonds is 2. The van der Waals surface area contributed by atoms with Crippen LogP contribution in [0.25, 0.3) is 16.6 Å². The molecule has 1 aliphatic carbocycles. The van der Waals surface area contributed by atoms with Crippen LogP contribution in [0.3, 0.4) is 0 Å². The van der Waals surface area contributed by atoms with Gasteiger partial charge in [0, 0.05) is 49.0 Å². The number of hydrogen-bond donors (Lipinski definition) is 1. The molecule has 2 fully saturated rings. The van der Waals surface area contributed by atoms with Crippen LogP contribution in [0.1, 0.15) is 37.7 Å². The van der Waals surface area contributed by atoms with Gasteiger partial charge in [-0.15, -0.1) is 0 Å². The monoisotopic (exact) mass is 337 g/mol. The van der Waals surface area contributed by atoms with Gasteiger partial charge in [-0.05, 0) is 49.8 Å². The fraction of sp³-hybridized carbons (Fsp3) is 0.500. The van der Waals surface area contributed by atoms with Gasteiger partial charge in [0.15, 0.2) is 0 Å². The molecule has 1 spiro atoms. The third kappa shape index (κ3) is 2.49. The summed E-state index contributed by atoms with van der Waals surface area (Å²) in [7, 11) is 0. The lowest BCUT2D eigenvalue weighted by molar-refractivity contribution is -0.153. The molecule has 2 aromatic heterocycles. The molecule has 1 saturated heterocycles. The molecule has 0 atom stereocenters. The molecule has 130 valence electrons. The summed E-state index contributed by atoms with van der Waals surface area (Å²) in [5.41, 5.74) is 3.51. The quantitative estimate of drug-likeness (QED) is 0.916. The van der Waals surface area contributed by atoms with E-state index < -0.39 is 0 Å². The summed E-state index contributed by atoms with van der Waals surface area (Å²) in [5, 5.41) is 1.16. The van der Waals surface area contributed by atoms with E-state index in [1.165, 1.54) is 11.1 Å². The second-order valence-corrected chi connectivity index (χ2v) is 7.61. The van der Waals surface area contributed by atoms with Crippen molar-refractivity contribution in [3.8, 4) is 0 Å². The minimum Gasteiger partial charge on any atom is -0.375 e. The van der Waals surface area contributed by atoms with E-state index in [-0.39, 0.29) is 11.5 Å². The number of H-pyrrole nitrogens is 1. The minimum absolute atomic E-state index is 0.0498. The Labute approximate surface area is 147 Å². The predicted octanol–water partition coefficient (Wildman–Crippen LogP) is 3.14. The van der Waals surface area contributed by atoms with Gasteiger partial charge in [0.1, 0.15) is 5.65 Å². The van der Waals surface area contributed by atoms with Crippen molar-refractivity contribution in [2.45, 2.75) is 37.7 Å². The topological polar surface area (TPSA) is 58.2 Å². The number of nitrogens with zero attached hydrogens (tertiary/aromatic N) is 2. The molecule has 1 amide bonds. The first-order valence-corrected chi connectivity index (χ1v) is 9.28. The first-order valence-electron chi connectivity index (χ1n) is 9.28. The third-order valence-corrected chi connectivity index (χ3v) is 6.09. The molecule has 4 heterocycles. The van der Waals surface area contributed by atoms with Crippen molar-refractivity contribution in [2.75, 3.05) is 19.7 Å². The Morgan fingerprint density at radius 3 is 3.08 bits per heavy atom. The highest BCUT2D eigenvalue weighted by Crippen LogP contribution is 2.48. The Morgan fingerprint density at radius 1 is 1.40 bits per heavy atom. The maximum absolute atomic E-state index is 12.8. The van der Waals surface area contributed by atoms with Gasteiger partial charge in [-0.1, -0.05) is 6.08 Å². The van der Waals surface area contributed by atoms with E-state index in [1.54, 1.807) is 6.20 Å². The molecule has 2 aliphatic heterocycles. The van der Waals surface area contributed by atoms with Crippen molar-refractivity contribution in [1.82, 2.24) is 14.9 Å². The van der Waals surface area contributed by atoms with Crippen LogP contribution in [0, 0.1) is 5.92 Å². The molecule has 25 heavy (non-hydrogen) atoms. The zero-order valence-corrected chi connectivity index (χ0v) is 14.3. The second-order valence-electron chi connectivity index (χ2n) is 7.61. The van der Waals surface area contributed by atoms with Crippen molar-refractivity contribution >= 4 is 22.5 Å². The summed E-state index contributed by atoms with van der Waals surface area (Å²) < 4.78 is 5.86. The van der Waals surface area contributed by atoms with Crippen LogP contribution in [0.5, 0.6) is 0 Å². The zero-order valence-electron chi connectivity index (χ0n) is 14.3. The van der Waals surface area contributed by atoms with Crippen LogP contribution < -0.4 is 0 Å². The molecular formula is C20H23N3O2. The van der Waals surface area contributed by atoms with Crippen molar-refractivity contribution in [3.05, 3.63) is 36.2 Å². The van der Waals surface area contributed by atoms with Gasteiger partial charge >= 0.3 is 0 Å². The van der Waals surface area contributed by atoms with E-state index in [9.17, 15) is 4.79 Å². The van der Waals surface area contributed by atoms with Crippen LogP contribution in [0.15, 0.2) is 30.6 Å². The maximum Gasteiger partial charge on any atom is 0.226 e. The van der Waals surface area contributed by atoms with E-state index in [0.29, 0.717) is 12.5 Å². The Balaban J connectivity index is 1.27. The van der Waals surface area contributed by atoms with E-state index in [2.05, 4.69) is 22.1 Å². The fourth-order valence-corrected chi connectivity index (χ4v) is 4.68. The SMILES string of the molecule is O=C(C1CC2(CCCO2)C1)N1CC=C(c2c[nH]c3ncccc23)CC1. The van der Waals surface area contributed by atoms with Crippen LogP contribution in [0.2, 0.25) is 0 Å². The zero-order chi connectivity index (χ0) is 16.9. The average Bonchev–Trinajstić information content (AvgIpc) is 3.27. The minimum atomic E-state index is 0.0498. The lowest BCUT2D eigenvalue weighted by Gasteiger charge is -2.45. The van der Waals surface area contributed by atoms with Crippen molar-refractivity contribution in [2.24, 2.45) is 5.92 Å². The predicted molar refractivity (Wildman–Crippen MR) is 95.9 cm³/mol. The second kappa shape index (κ2) is 5.70. The fourth-order valence-electron chi connectivity index (χ4n) is 4.68. The van der Waals surface area contributed by atoms with Crippen molar-refractivity contribution < 1.29 is 9.53 Å². The van der Waals surface area contributed by atoms with Crippen molar-refractivity contribution in [1.29, 1.82) is 0 Å². The van der Waals surface area contributed by atoms with E-state index in [0.717, 1.165) is 56.3 Å². The smallest absolute Gasteiger partial charge is 0.226 e. The summed E-state index contributed by atoms with van der Waals surface area (Å²) in [5.74, 6) is 0.488. The first kappa shape index (κ1) is 15.1. The summed E-state index contributed by atoms with van der Waals surface area (Å²) in [6.07, 6.45) is 11.1. The Hall–Kier alpha value is -2.14. The van der Waals surface area contributed by atoms with Crippen LogP contribution >= 0.6 is 0 Å². The molecule has 0 bridgehead atoms. The largest absolute Gasteiger partial charge is 0.375 e. The Kier molecular flexibility index (Phi) is 3.45. The van der Waals surface area contributed by atoms with E-state index in [4.69, 9.17) is 4.74 Å². The Bertz CT molecular complexity index is 839. The summed E-state index contributed by atoms with van der Waals surface area (Å²) in [6, 6.07) is 4.07. The molecule has 5 nitrogen and oxygen atoms in total. The number of aromatic amines is 1. The highest BCUT2D eigenvalue weighted by molar-refractivity contribution is 5.91. The lowest BCUT2D eigenvalue weighted by Crippen LogP contribution is -2.51. The molecule has 1 saturated carbocycles. The standard InChI is InChI=1S/C20H23N3O2/c24-19(15-11-20(12-15)6-2-10-25-20)23-8-4-14(5-9-23)17-13-22-18-16(17)3-1-7-21-18/h1,3-4,7,13,15H,2,5-6,8-12H2,(H,21,22). The molecular weight excluding hydrogens is 314 g/mol. The molecule has 5 rings (SSSR count). The molecule has 0 unspecified atom stereocenters. The number of amides is 1. The molecule has 0 radical (unpaired) electrons. The first-order chi connectivity index (χ1) is 12.2. The number of aromatic nitrogens is 2. The van der Waals surface area contributed by atoms with Gasteiger partial charge in [0.05, 0.1) is 5.60 Å². The van der Waals surface area contributed by atoms with Gasteiger partial charge in [0.2, 0.25) is 5.91 Å². The average molecular weight is 337 g/mol. The van der Waals surface area contributed by atoms with Crippen molar-refractivity contribution in [3.63, 3.8) is 0 Å². The number of carbonyl (C=O) groups excluding carboxylic acids is 1. The molecule has 0 aromatic carbocycles. The lowest BCUT2D eigenvalue weighted by atomic mass is 9.69.